The SMILES string of the molecule is COC(=O)c1ccc(C(C)(N)NC(=O)c2cccc3nc(Nc4ccc(Cl)cc4)oc23)cc1. The lowest BCUT2D eigenvalue weighted by molar-refractivity contribution is 0.0600. The maximum absolute atomic E-state index is 13.1. The van der Waals surface area contributed by atoms with Crippen LogP contribution in [0.5, 0.6) is 0 Å². The molecule has 168 valence electrons. The highest BCUT2D eigenvalue weighted by atomic mass is 35.5. The molecule has 1 heterocycles. The minimum atomic E-state index is -1.21. The summed E-state index contributed by atoms with van der Waals surface area (Å²) in [5, 5.41) is 6.47. The lowest BCUT2D eigenvalue weighted by Crippen LogP contribution is -2.50. The number of amides is 1. The number of halogens is 1. The maximum atomic E-state index is 13.1. The van der Waals surface area contributed by atoms with Crippen molar-refractivity contribution in [1.29, 1.82) is 0 Å². The minimum Gasteiger partial charge on any atom is -0.465 e. The molecule has 3 aromatic carbocycles. The van der Waals surface area contributed by atoms with Gasteiger partial charge in [-0.25, -0.2) is 4.79 Å². The number of carbonyl (C=O) groups excluding carboxylic acids is 2. The molecule has 0 aliphatic heterocycles. The fourth-order valence-corrected chi connectivity index (χ4v) is 3.41. The number of fused-ring (bicyclic) bond motifs is 1. The summed E-state index contributed by atoms with van der Waals surface area (Å²) in [4.78, 5) is 29.1. The third kappa shape index (κ3) is 4.82. The molecule has 4 aromatic rings. The maximum Gasteiger partial charge on any atom is 0.337 e. The summed E-state index contributed by atoms with van der Waals surface area (Å²) in [6.07, 6.45) is 0. The number of methoxy groups -OCH3 is 1. The summed E-state index contributed by atoms with van der Waals surface area (Å²) in [5.74, 6) is -0.888. The molecule has 0 aliphatic rings. The van der Waals surface area contributed by atoms with Crippen LogP contribution in [-0.4, -0.2) is 24.0 Å². The number of para-hydroxylation sites is 1. The van der Waals surface area contributed by atoms with Gasteiger partial charge < -0.3 is 25.5 Å². The van der Waals surface area contributed by atoms with Crippen LogP contribution < -0.4 is 16.4 Å². The second-order valence-corrected chi connectivity index (χ2v) is 7.97. The van der Waals surface area contributed by atoms with Gasteiger partial charge >= 0.3 is 5.97 Å². The number of oxazole rings is 1. The molecule has 4 N–H and O–H groups in total. The average molecular weight is 465 g/mol. The van der Waals surface area contributed by atoms with E-state index in [-0.39, 0.29) is 11.6 Å². The van der Waals surface area contributed by atoms with Crippen molar-refractivity contribution in [2.75, 3.05) is 12.4 Å². The average Bonchev–Trinajstić information content (AvgIpc) is 3.22. The van der Waals surface area contributed by atoms with Crippen LogP contribution >= 0.6 is 11.6 Å². The van der Waals surface area contributed by atoms with E-state index in [9.17, 15) is 9.59 Å². The molecular formula is C24H21ClN4O4. The summed E-state index contributed by atoms with van der Waals surface area (Å²) < 4.78 is 10.5. The molecule has 0 saturated carbocycles. The van der Waals surface area contributed by atoms with E-state index in [1.54, 1.807) is 73.7 Å². The number of aromatic nitrogens is 1. The highest BCUT2D eigenvalue weighted by molar-refractivity contribution is 6.30. The Morgan fingerprint density at radius 2 is 1.76 bits per heavy atom. The van der Waals surface area contributed by atoms with Crippen molar-refractivity contribution in [3.63, 3.8) is 0 Å². The summed E-state index contributed by atoms with van der Waals surface area (Å²) >= 11 is 5.92. The Labute approximate surface area is 194 Å². The number of nitrogens with one attached hydrogen (secondary N) is 2. The Hall–Kier alpha value is -3.88. The molecule has 9 heteroatoms. The Bertz CT molecular complexity index is 1310. The van der Waals surface area contributed by atoms with E-state index < -0.39 is 17.5 Å². The summed E-state index contributed by atoms with van der Waals surface area (Å²) in [7, 11) is 1.31. The van der Waals surface area contributed by atoms with E-state index in [0.717, 1.165) is 5.69 Å². The quantitative estimate of drug-likeness (QED) is 0.282. The molecular weight excluding hydrogens is 444 g/mol. The zero-order valence-corrected chi connectivity index (χ0v) is 18.6. The van der Waals surface area contributed by atoms with E-state index in [1.807, 2.05) is 0 Å². The van der Waals surface area contributed by atoms with Crippen LogP contribution in [0.25, 0.3) is 11.1 Å². The Morgan fingerprint density at radius 3 is 2.42 bits per heavy atom. The first-order valence-electron chi connectivity index (χ1n) is 9.99. The summed E-state index contributed by atoms with van der Waals surface area (Å²) in [5.41, 5.74) is 8.02. The number of esters is 1. The number of hydrogen-bond acceptors (Lipinski definition) is 7. The van der Waals surface area contributed by atoms with Crippen molar-refractivity contribution in [1.82, 2.24) is 10.3 Å². The third-order valence-corrected chi connectivity index (χ3v) is 5.29. The second-order valence-electron chi connectivity index (χ2n) is 7.53. The van der Waals surface area contributed by atoms with Crippen molar-refractivity contribution < 1.29 is 18.7 Å². The molecule has 4 rings (SSSR count). The predicted octanol–water partition coefficient (Wildman–Crippen LogP) is 4.57. The Kier molecular flexibility index (Phi) is 6.04. The molecule has 1 aromatic heterocycles. The van der Waals surface area contributed by atoms with Crippen molar-refractivity contribution in [2.24, 2.45) is 5.73 Å². The monoisotopic (exact) mass is 464 g/mol. The van der Waals surface area contributed by atoms with Crippen molar-refractivity contribution in [3.05, 3.63) is 88.4 Å². The van der Waals surface area contributed by atoms with Gasteiger partial charge in [-0.1, -0.05) is 29.8 Å². The lowest BCUT2D eigenvalue weighted by Gasteiger charge is -2.27. The van der Waals surface area contributed by atoms with Gasteiger partial charge in [-0.3, -0.25) is 4.79 Å². The number of nitrogens with two attached hydrogens (primary N) is 1. The van der Waals surface area contributed by atoms with Crippen molar-refractivity contribution in [3.8, 4) is 0 Å². The molecule has 0 fully saturated rings. The Balaban J connectivity index is 1.56. The van der Waals surface area contributed by atoms with Crippen molar-refractivity contribution >= 4 is 46.3 Å². The summed E-state index contributed by atoms with van der Waals surface area (Å²) in [6, 6.07) is 18.9. The summed E-state index contributed by atoms with van der Waals surface area (Å²) in [6.45, 7) is 1.66. The number of nitrogens with zero attached hydrogens (tertiary/aromatic N) is 1. The third-order valence-electron chi connectivity index (χ3n) is 5.03. The van der Waals surface area contributed by atoms with Crippen LogP contribution in [0.2, 0.25) is 5.02 Å². The molecule has 0 aliphatic carbocycles. The topological polar surface area (TPSA) is 119 Å². The molecule has 1 atom stereocenters. The molecule has 33 heavy (non-hydrogen) atoms. The van der Waals surface area contributed by atoms with Crippen LogP contribution in [0.3, 0.4) is 0 Å². The van der Waals surface area contributed by atoms with Crippen molar-refractivity contribution in [2.45, 2.75) is 12.6 Å². The van der Waals surface area contributed by atoms with Crippen LogP contribution in [0.1, 0.15) is 33.2 Å². The number of carbonyl (C=O) groups is 2. The minimum absolute atomic E-state index is 0.237. The molecule has 0 spiro atoms. The molecule has 0 saturated heterocycles. The highest BCUT2D eigenvalue weighted by Crippen LogP contribution is 2.26. The van der Waals surface area contributed by atoms with Gasteiger partial charge in [0.15, 0.2) is 5.58 Å². The smallest absolute Gasteiger partial charge is 0.337 e. The van der Waals surface area contributed by atoms with E-state index in [0.29, 0.717) is 27.2 Å². The van der Waals surface area contributed by atoms with Crippen LogP contribution in [0.4, 0.5) is 11.7 Å². The van der Waals surface area contributed by atoms with E-state index in [1.165, 1.54) is 7.11 Å². The molecule has 1 unspecified atom stereocenters. The molecule has 0 bridgehead atoms. The van der Waals surface area contributed by atoms with Gasteiger partial charge in [0.25, 0.3) is 11.9 Å². The van der Waals surface area contributed by atoms with Gasteiger partial charge in [-0.05, 0) is 61.0 Å². The first-order valence-corrected chi connectivity index (χ1v) is 10.4. The van der Waals surface area contributed by atoms with Gasteiger partial charge in [0.05, 0.1) is 18.2 Å². The number of hydrogen-bond donors (Lipinski definition) is 3. The first-order chi connectivity index (χ1) is 15.8. The number of ether oxygens (including phenoxy) is 1. The molecule has 0 radical (unpaired) electrons. The molecule has 8 nitrogen and oxygen atoms in total. The zero-order chi connectivity index (χ0) is 23.6. The highest BCUT2D eigenvalue weighted by Gasteiger charge is 2.26. The van der Waals surface area contributed by atoms with E-state index >= 15 is 0 Å². The predicted molar refractivity (Wildman–Crippen MR) is 126 cm³/mol. The second kappa shape index (κ2) is 8.93. The lowest BCUT2D eigenvalue weighted by atomic mass is 10.00. The largest absolute Gasteiger partial charge is 0.465 e. The molecule has 1 amide bonds. The van der Waals surface area contributed by atoms with Gasteiger partial charge in [-0.15, -0.1) is 0 Å². The van der Waals surface area contributed by atoms with Crippen LogP contribution in [0, 0.1) is 0 Å². The number of anilines is 2. The number of benzene rings is 3. The fraction of sp³-hybridized carbons (Fsp3) is 0.125. The van der Waals surface area contributed by atoms with Gasteiger partial charge in [0.1, 0.15) is 11.2 Å². The van der Waals surface area contributed by atoms with Crippen LogP contribution in [-0.2, 0) is 10.4 Å². The van der Waals surface area contributed by atoms with Crippen LogP contribution in [0.15, 0.2) is 71.1 Å². The van der Waals surface area contributed by atoms with Gasteiger partial charge in [0, 0.05) is 10.7 Å². The van der Waals surface area contributed by atoms with Gasteiger partial charge in [-0.2, -0.15) is 4.98 Å². The zero-order valence-electron chi connectivity index (χ0n) is 17.9. The van der Waals surface area contributed by atoms with E-state index in [4.69, 9.17) is 26.5 Å². The van der Waals surface area contributed by atoms with Gasteiger partial charge in [0.2, 0.25) is 0 Å². The fourth-order valence-electron chi connectivity index (χ4n) is 3.28. The number of rotatable bonds is 6. The normalized spacial score (nSPS) is 12.7. The standard InChI is InChI=1S/C24H21ClN4O4/c1-24(26,15-8-6-14(7-9-15)22(31)32-2)29-21(30)18-4-3-5-19-20(18)33-23(28-19)27-17-12-10-16(25)11-13-17/h3-13H,26H2,1-2H3,(H,27,28)(H,29,30). The van der Waals surface area contributed by atoms with E-state index in [2.05, 4.69) is 15.6 Å². The Morgan fingerprint density at radius 1 is 1.06 bits per heavy atom. The first kappa shape index (κ1) is 22.3.